The zero-order valence-electron chi connectivity index (χ0n) is 13.7. The molecular formula is C18H22Cl2FNO3. The van der Waals surface area contributed by atoms with E-state index in [0.29, 0.717) is 42.6 Å². The molecule has 25 heavy (non-hydrogen) atoms. The first-order valence-electron chi connectivity index (χ1n) is 7.74. The van der Waals surface area contributed by atoms with E-state index in [-0.39, 0.29) is 31.4 Å². The van der Waals surface area contributed by atoms with Crippen LogP contribution in [0.25, 0.3) is 0 Å². The Morgan fingerprint density at radius 3 is 2.64 bits per heavy atom. The van der Waals surface area contributed by atoms with E-state index in [1.54, 1.807) is 30.3 Å². The Morgan fingerprint density at radius 1 is 1.08 bits per heavy atom. The molecule has 0 radical (unpaired) electrons. The SMILES string of the molecule is Cl.OCCOCCNCc1cc(Cl)ccc1OCc1ccccc1F. The highest BCUT2D eigenvalue weighted by molar-refractivity contribution is 6.30. The number of hydrogen-bond donors (Lipinski definition) is 2. The number of rotatable bonds is 10. The molecule has 2 N–H and O–H groups in total. The molecule has 7 heteroatoms. The lowest BCUT2D eigenvalue weighted by molar-refractivity contribution is 0.0937. The molecule has 0 aromatic heterocycles. The maximum absolute atomic E-state index is 13.7. The summed E-state index contributed by atoms with van der Waals surface area (Å²) in [4.78, 5) is 0. The van der Waals surface area contributed by atoms with Gasteiger partial charge in [0, 0.05) is 29.2 Å². The normalized spacial score (nSPS) is 10.4. The van der Waals surface area contributed by atoms with E-state index in [0.717, 1.165) is 5.56 Å². The summed E-state index contributed by atoms with van der Waals surface area (Å²) in [5.41, 5.74) is 1.39. The van der Waals surface area contributed by atoms with Crippen LogP contribution in [0.4, 0.5) is 4.39 Å². The molecule has 2 aromatic carbocycles. The predicted octanol–water partition coefficient (Wildman–Crippen LogP) is 3.58. The van der Waals surface area contributed by atoms with Crippen LogP contribution in [0, 0.1) is 5.82 Å². The minimum absolute atomic E-state index is 0. The Morgan fingerprint density at radius 2 is 1.88 bits per heavy atom. The third kappa shape index (κ3) is 7.59. The van der Waals surface area contributed by atoms with Gasteiger partial charge in [-0.2, -0.15) is 0 Å². The minimum atomic E-state index is -0.285. The van der Waals surface area contributed by atoms with E-state index in [1.807, 2.05) is 6.07 Å². The maximum atomic E-state index is 13.7. The van der Waals surface area contributed by atoms with Crippen LogP contribution < -0.4 is 10.1 Å². The van der Waals surface area contributed by atoms with Gasteiger partial charge in [0.25, 0.3) is 0 Å². The van der Waals surface area contributed by atoms with Gasteiger partial charge < -0.3 is 19.9 Å². The van der Waals surface area contributed by atoms with E-state index in [2.05, 4.69) is 5.32 Å². The van der Waals surface area contributed by atoms with Crippen LogP contribution in [0.5, 0.6) is 5.75 Å². The average molecular weight is 390 g/mol. The highest BCUT2D eigenvalue weighted by Crippen LogP contribution is 2.24. The zero-order valence-corrected chi connectivity index (χ0v) is 15.3. The van der Waals surface area contributed by atoms with E-state index in [9.17, 15) is 4.39 Å². The second kappa shape index (κ2) is 12.1. The molecule has 0 saturated carbocycles. The summed E-state index contributed by atoms with van der Waals surface area (Å²) in [5, 5.41) is 12.5. The topological polar surface area (TPSA) is 50.7 Å². The van der Waals surface area contributed by atoms with Gasteiger partial charge in [0.05, 0.1) is 19.8 Å². The minimum Gasteiger partial charge on any atom is -0.488 e. The van der Waals surface area contributed by atoms with Crippen LogP contribution >= 0.6 is 24.0 Å². The van der Waals surface area contributed by atoms with Crippen LogP contribution in [0.15, 0.2) is 42.5 Å². The molecule has 0 aliphatic carbocycles. The van der Waals surface area contributed by atoms with E-state index in [4.69, 9.17) is 26.2 Å². The summed E-state index contributed by atoms with van der Waals surface area (Å²) in [6.45, 7) is 2.19. The molecule has 4 nitrogen and oxygen atoms in total. The number of nitrogens with one attached hydrogen (secondary N) is 1. The zero-order chi connectivity index (χ0) is 17.2. The van der Waals surface area contributed by atoms with E-state index >= 15 is 0 Å². The predicted molar refractivity (Wildman–Crippen MR) is 99.0 cm³/mol. The van der Waals surface area contributed by atoms with Gasteiger partial charge in [0.15, 0.2) is 0 Å². The molecule has 138 valence electrons. The molecule has 2 rings (SSSR count). The quantitative estimate of drug-likeness (QED) is 0.609. The largest absolute Gasteiger partial charge is 0.488 e. The molecule has 0 aliphatic heterocycles. The monoisotopic (exact) mass is 389 g/mol. The fourth-order valence-corrected chi connectivity index (χ4v) is 2.33. The second-order valence-electron chi connectivity index (χ2n) is 5.14. The smallest absolute Gasteiger partial charge is 0.129 e. The highest BCUT2D eigenvalue weighted by atomic mass is 35.5. The van der Waals surface area contributed by atoms with Gasteiger partial charge in [-0.3, -0.25) is 0 Å². The van der Waals surface area contributed by atoms with Crippen molar-refractivity contribution >= 4 is 24.0 Å². The number of benzene rings is 2. The number of hydrogen-bond acceptors (Lipinski definition) is 4. The molecule has 0 unspecified atom stereocenters. The molecule has 0 spiro atoms. The van der Waals surface area contributed by atoms with Crippen molar-refractivity contribution in [3.8, 4) is 5.75 Å². The van der Waals surface area contributed by atoms with Crippen molar-refractivity contribution in [1.82, 2.24) is 5.32 Å². The summed E-state index contributed by atoms with van der Waals surface area (Å²) >= 11 is 6.04. The van der Waals surface area contributed by atoms with Gasteiger partial charge >= 0.3 is 0 Å². The molecule has 0 fully saturated rings. The molecule has 0 saturated heterocycles. The Hall–Kier alpha value is -1.37. The van der Waals surface area contributed by atoms with Crippen molar-refractivity contribution in [3.63, 3.8) is 0 Å². The average Bonchev–Trinajstić information content (AvgIpc) is 2.58. The summed E-state index contributed by atoms with van der Waals surface area (Å²) in [5.74, 6) is 0.374. The van der Waals surface area contributed by atoms with Crippen molar-refractivity contribution in [3.05, 3.63) is 64.4 Å². The van der Waals surface area contributed by atoms with Crippen molar-refractivity contribution in [2.75, 3.05) is 26.4 Å². The number of aliphatic hydroxyl groups excluding tert-OH is 1. The molecule has 0 heterocycles. The lowest BCUT2D eigenvalue weighted by atomic mass is 10.2. The first kappa shape index (κ1) is 21.7. The summed E-state index contributed by atoms with van der Waals surface area (Å²) < 4.78 is 24.6. The number of halogens is 3. The van der Waals surface area contributed by atoms with E-state index < -0.39 is 0 Å². The molecule has 0 atom stereocenters. The van der Waals surface area contributed by atoms with Crippen LogP contribution in [0.2, 0.25) is 5.02 Å². The first-order chi connectivity index (χ1) is 11.7. The van der Waals surface area contributed by atoms with Gasteiger partial charge in [-0.1, -0.05) is 29.8 Å². The molecular weight excluding hydrogens is 368 g/mol. The van der Waals surface area contributed by atoms with Gasteiger partial charge in [0.1, 0.15) is 18.2 Å². The van der Waals surface area contributed by atoms with Crippen LogP contribution in [-0.4, -0.2) is 31.5 Å². The van der Waals surface area contributed by atoms with Crippen LogP contribution in [0.3, 0.4) is 0 Å². The van der Waals surface area contributed by atoms with Gasteiger partial charge in [-0.25, -0.2) is 4.39 Å². The molecule has 0 bridgehead atoms. The van der Waals surface area contributed by atoms with E-state index in [1.165, 1.54) is 6.07 Å². The second-order valence-corrected chi connectivity index (χ2v) is 5.58. The Labute approximate surface area is 158 Å². The lowest BCUT2D eigenvalue weighted by Gasteiger charge is -2.13. The molecule has 0 amide bonds. The maximum Gasteiger partial charge on any atom is 0.129 e. The van der Waals surface area contributed by atoms with Gasteiger partial charge in [-0.05, 0) is 24.3 Å². The third-order valence-electron chi connectivity index (χ3n) is 3.34. The lowest BCUT2D eigenvalue weighted by Crippen LogP contribution is -2.20. The standard InChI is InChI=1S/C18H21ClFNO3.ClH/c19-16-5-6-18(24-13-14-3-1-2-4-17(14)20)15(11-16)12-21-7-9-23-10-8-22;/h1-6,11,21-22H,7-10,12-13H2;1H. The Balaban J connectivity index is 0.00000312. The van der Waals surface area contributed by atoms with Crippen molar-refractivity contribution in [1.29, 1.82) is 0 Å². The third-order valence-corrected chi connectivity index (χ3v) is 3.57. The number of ether oxygens (including phenoxy) is 2. The van der Waals surface area contributed by atoms with Crippen LogP contribution in [-0.2, 0) is 17.9 Å². The van der Waals surface area contributed by atoms with Gasteiger partial charge in [0.2, 0.25) is 0 Å². The number of aliphatic hydroxyl groups is 1. The Bertz CT molecular complexity index is 643. The molecule has 2 aromatic rings. The summed E-state index contributed by atoms with van der Waals surface area (Å²) in [7, 11) is 0. The van der Waals surface area contributed by atoms with Gasteiger partial charge in [-0.15, -0.1) is 12.4 Å². The molecule has 0 aliphatic rings. The van der Waals surface area contributed by atoms with Crippen molar-refractivity contribution in [2.45, 2.75) is 13.2 Å². The fourth-order valence-electron chi connectivity index (χ4n) is 2.13. The Kier molecular flexibility index (Phi) is 10.5. The fraction of sp³-hybridized carbons (Fsp3) is 0.333. The summed E-state index contributed by atoms with van der Waals surface area (Å²) in [6.07, 6.45) is 0. The van der Waals surface area contributed by atoms with Crippen LogP contribution in [0.1, 0.15) is 11.1 Å². The first-order valence-corrected chi connectivity index (χ1v) is 8.12. The van der Waals surface area contributed by atoms with Crippen molar-refractivity contribution in [2.24, 2.45) is 0 Å². The highest BCUT2D eigenvalue weighted by Gasteiger charge is 2.07. The van der Waals surface area contributed by atoms with Crippen molar-refractivity contribution < 1.29 is 19.0 Å². The summed E-state index contributed by atoms with van der Waals surface area (Å²) in [6, 6.07) is 11.9.